The Hall–Kier alpha value is -0.720. The van der Waals surface area contributed by atoms with Crippen LogP contribution >= 0.6 is 0 Å². The molecule has 4 nitrogen and oxygen atoms in total. The fourth-order valence-corrected chi connectivity index (χ4v) is 5.03. The van der Waals surface area contributed by atoms with E-state index >= 15 is 8.78 Å². The Balaban J connectivity index is 3.88. The van der Waals surface area contributed by atoms with Crippen LogP contribution in [0.1, 0.15) is 53.4 Å². The highest BCUT2D eigenvalue weighted by Gasteiger charge is 2.77. The number of ether oxygens (including phenoxy) is 2. The number of halogens is 8. The molecule has 0 aliphatic carbocycles. The molecule has 1 heterocycles. The van der Waals surface area contributed by atoms with Gasteiger partial charge in [-0.2, -0.15) is 35.1 Å². The van der Waals surface area contributed by atoms with Gasteiger partial charge in [-0.15, -0.1) is 0 Å². The molecule has 0 radical (unpaired) electrons. The molecule has 4 unspecified atom stereocenters. The van der Waals surface area contributed by atoms with Crippen molar-refractivity contribution >= 4 is 0 Å². The summed E-state index contributed by atoms with van der Waals surface area (Å²) < 4.78 is 126. The Bertz CT molecular complexity index is 565. The van der Waals surface area contributed by atoms with Gasteiger partial charge in [-0.05, 0) is 25.7 Å². The zero-order valence-electron chi connectivity index (χ0n) is 19.3. The van der Waals surface area contributed by atoms with Crippen LogP contribution in [0.25, 0.3) is 0 Å². The Morgan fingerprint density at radius 2 is 1.25 bits per heavy atom. The van der Waals surface area contributed by atoms with Gasteiger partial charge in [0.25, 0.3) is 0 Å². The predicted molar refractivity (Wildman–Crippen MR) is 103 cm³/mol. The smallest absolute Gasteiger partial charge is 0.380 e. The number of methoxy groups -OCH3 is 2. The normalized spacial score (nSPS) is 27.3. The maximum absolute atomic E-state index is 15.8. The van der Waals surface area contributed by atoms with Gasteiger partial charge < -0.3 is 9.47 Å². The summed E-state index contributed by atoms with van der Waals surface area (Å²) in [4.78, 5) is 0.556. The van der Waals surface area contributed by atoms with E-state index in [9.17, 15) is 26.3 Å². The van der Waals surface area contributed by atoms with Crippen LogP contribution < -0.4 is 0 Å². The van der Waals surface area contributed by atoms with E-state index in [0.717, 1.165) is 6.92 Å². The molecule has 192 valence electrons. The molecule has 0 aromatic heterocycles. The van der Waals surface area contributed by atoms with Gasteiger partial charge in [-0.3, -0.25) is 0 Å². The fraction of sp³-hybridized carbons (Fsp3) is 1.00. The van der Waals surface area contributed by atoms with Crippen molar-refractivity contribution in [3.05, 3.63) is 0 Å². The van der Waals surface area contributed by atoms with E-state index in [2.05, 4.69) is 0 Å². The van der Waals surface area contributed by atoms with Crippen LogP contribution in [0.2, 0.25) is 0 Å². The van der Waals surface area contributed by atoms with Crippen LogP contribution in [0.15, 0.2) is 0 Å². The van der Waals surface area contributed by atoms with E-state index in [1.807, 2.05) is 0 Å². The van der Waals surface area contributed by atoms with Gasteiger partial charge in [0.2, 0.25) is 0 Å². The van der Waals surface area contributed by atoms with Crippen LogP contribution in [-0.2, 0) is 9.47 Å². The number of nitrogens with zero attached hydrogens (tertiary/aromatic N) is 2. The highest BCUT2D eigenvalue weighted by molar-refractivity contribution is 5.15. The van der Waals surface area contributed by atoms with Gasteiger partial charge in [-0.25, -0.2) is 9.80 Å². The Morgan fingerprint density at radius 1 is 0.812 bits per heavy atom. The highest BCUT2D eigenvalue weighted by Crippen LogP contribution is 2.58. The first-order chi connectivity index (χ1) is 14.6. The van der Waals surface area contributed by atoms with Gasteiger partial charge in [0.15, 0.2) is 5.92 Å². The van der Waals surface area contributed by atoms with E-state index in [1.165, 1.54) is 21.1 Å². The topological polar surface area (TPSA) is 24.9 Å². The average molecular weight is 486 g/mol. The first-order valence-electron chi connectivity index (χ1n) is 10.7. The molecule has 12 heteroatoms. The number of alkyl halides is 8. The largest absolute Gasteiger partial charge is 0.402 e. The molecule has 1 saturated heterocycles. The van der Waals surface area contributed by atoms with Crippen molar-refractivity contribution in [2.24, 2.45) is 5.92 Å². The SMILES string of the molecule is CCC(CN1C(CC)C(CC)(C(C(F)(F)F)C(F)(F)F)N(CC(CC)OC)C1(F)F)OC. The Labute approximate surface area is 184 Å². The van der Waals surface area contributed by atoms with Crippen LogP contribution in [0.3, 0.4) is 0 Å². The third kappa shape index (κ3) is 5.33. The van der Waals surface area contributed by atoms with Crippen molar-refractivity contribution in [2.45, 2.75) is 95.7 Å². The quantitative estimate of drug-likeness (QED) is 0.278. The molecule has 0 bridgehead atoms. The second-order valence-corrected chi connectivity index (χ2v) is 8.09. The summed E-state index contributed by atoms with van der Waals surface area (Å²) in [7, 11) is 2.45. The molecule has 1 aliphatic heterocycles. The molecular formula is C20H34F8N2O2. The second kappa shape index (κ2) is 10.7. The molecule has 0 amide bonds. The summed E-state index contributed by atoms with van der Waals surface area (Å²) in [6, 6.07) is -1.73. The molecule has 32 heavy (non-hydrogen) atoms. The molecule has 0 aromatic rings. The van der Waals surface area contributed by atoms with Crippen molar-refractivity contribution in [2.75, 3.05) is 27.3 Å². The van der Waals surface area contributed by atoms with E-state index in [4.69, 9.17) is 9.47 Å². The molecule has 1 rings (SSSR count). The lowest BCUT2D eigenvalue weighted by atomic mass is 9.73. The van der Waals surface area contributed by atoms with Gasteiger partial charge in [0, 0.05) is 33.4 Å². The predicted octanol–water partition coefficient (Wildman–Crippen LogP) is 5.67. The van der Waals surface area contributed by atoms with Crippen molar-refractivity contribution in [3.8, 4) is 0 Å². The third-order valence-electron chi connectivity index (χ3n) is 6.60. The Kier molecular flexibility index (Phi) is 9.79. The number of rotatable bonds is 11. The first-order valence-corrected chi connectivity index (χ1v) is 10.7. The summed E-state index contributed by atoms with van der Waals surface area (Å²) in [6.45, 7) is 4.33. The van der Waals surface area contributed by atoms with Crippen molar-refractivity contribution < 1.29 is 44.6 Å². The van der Waals surface area contributed by atoms with Crippen LogP contribution in [0, 0.1) is 5.92 Å². The maximum atomic E-state index is 15.8. The lowest BCUT2D eigenvalue weighted by Crippen LogP contribution is -2.66. The molecule has 4 atom stereocenters. The minimum atomic E-state index is -5.79. The van der Waals surface area contributed by atoms with Crippen molar-refractivity contribution in [1.82, 2.24) is 9.80 Å². The molecule has 0 spiro atoms. The van der Waals surface area contributed by atoms with E-state index in [1.54, 1.807) is 13.8 Å². The molecule has 0 aromatic carbocycles. The van der Waals surface area contributed by atoms with E-state index in [-0.39, 0.29) is 24.2 Å². The van der Waals surface area contributed by atoms with Crippen LogP contribution in [0.4, 0.5) is 35.1 Å². The van der Waals surface area contributed by atoms with Crippen molar-refractivity contribution in [1.29, 1.82) is 0 Å². The lowest BCUT2D eigenvalue weighted by molar-refractivity contribution is -0.328. The molecule has 0 saturated carbocycles. The lowest BCUT2D eigenvalue weighted by Gasteiger charge is -2.48. The first kappa shape index (κ1) is 29.3. The summed E-state index contributed by atoms with van der Waals surface area (Å²) in [5.74, 6) is -3.97. The monoisotopic (exact) mass is 486 g/mol. The number of hydrogen-bond donors (Lipinski definition) is 0. The van der Waals surface area contributed by atoms with Crippen molar-refractivity contribution in [3.63, 3.8) is 0 Å². The molecule has 0 N–H and O–H groups in total. The summed E-state index contributed by atoms with van der Waals surface area (Å²) >= 11 is 0. The molecule has 1 aliphatic rings. The Morgan fingerprint density at radius 3 is 1.56 bits per heavy atom. The summed E-state index contributed by atoms with van der Waals surface area (Å²) in [5, 5.41) is 0. The minimum Gasteiger partial charge on any atom is -0.380 e. The molecule has 1 fully saturated rings. The fourth-order valence-electron chi connectivity index (χ4n) is 5.03. The second-order valence-electron chi connectivity index (χ2n) is 8.09. The van der Waals surface area contributed by atoms with Crippen LogP contribution in [0.5, 0.6) is 0 Å². The van der Waals surface area contributed by atoms with E-state index in [0.29, 0.717) is 4.90 Å². The van der Waals surface area contributed by atoms with E-state index < -0.39 is 67.7 Å². The third-order valence-corrected chi connectivity index (χ3v) is 6.60. The average Bonchev–Trinajstić information content (AvgIpc) is 2.85. The summed E-state index contributed by atoms with van der Waals surface area (Å²) in [6.07, 6.45) is -18.1. The zero-order chi connectivity index (χ0) is 25.1. The maximum Gasteiger partial charge on any atom is 0.402 e. The van der Waals surface area contributed by atoms with Gasteiger partial charge in [0.05, 0.1) is 17.7 Å². The zero-order valence-corrected chi connectivity index (χ0v) is 19.3. The van der Waals surface area contributed by atoms with Gasteiger partial charge >= 0.3 is 18.5 Å². The van der Waals surface area contributed by atoms with Gasteiger partial charge in [0.1, 0.15) is 0 Å². The van der Waals surface area contributed by atoms with Crippen LogP contribution in [-0.4, -0.2) is 79.4 Å². The summed E-state index contributed by atoms with van der Waals surface area (Å²) in [5.41, 5.74) is -2.95. The molecular weight excluding hydrogens is 452 g/mol. The standard InChI is InChI=1S/C20H34F8N2O2/c1-7-13(31-5)11-29-15(9-3)17(10-4,16(18(21,22)23)19(24,25)26)30(20(29,27)28)12-14(8-2)32-6/h13-16H,7-12H2,1-6H3. The number of hydrogen-bond acceptors (Lipinski definition) is 4. The highest BCUT2D eigenvalue weighted by atomic mass is 19.4. The van der Waals surface area contributed by atoms with Gasteiger partial charge in [-0.1, -0.05) is 27.7 Å². The minimum absolute atomic E-state index is 0.0971.